The van der Waals surface area contributed by atoms with Gasteiger partial charge in [-0.1, -0.05) is 0 Å². The maximum Gasteiger partial charge on any atom is 0.226 e. The van der Waals surface area contributed by atoms with Crippen LogP contribution in [0.15, 0.2) is 0 Å². The second-order valence-corrected chi connectivity index (χ2v) is 4.59. The minimum Gasteiger partial charge on any atom is -0.328 e. The van der Waals surface area contributed by atoms with Crippen LogP contribution in [0.3, 0.4) is 0 Å². The number of likely N-dealkylation sites (tertiary alicyclic amines) is 1. The van der Waals surface area contributed by atoms with Gasteiger partial charge >= 0.3 is 0 Å². The van der Waals surface area contributed by atoms with Gasteiger partial charge < -0.3 is 10.6 Å². The molecule has 4 heteroatoms. The first-order valence-corrected chi connectivity index (χ1v) is 5.68. The first-order chi connectivity index (χ1) is 7.22. The molecule has 1 amide bonds. The number of hydrogen-bond donors (Lipinski definition) is 1. The largest absolute Gasteiger partial charge is 0.328 e. The standard InChI is InChI=1S/C11H17N3O/c12-7-10-2-1-5-14(10)11(15)8-3-4-9(13)6-8/h8-10H,1-6,13H2/t8?,9?,10-/m0/s1. The van der Waals surface area contributed by atoms with Gasteiger partial charge in [-0.05, 0) is 32.1 Å². The van der Waals surface area contributed by atoms with Crippen molar-refractivity contribution in [1.82, 2.24) is 4.90 Å². The molecule has 2 fully saturated rings. The molecule has 3 atom stereocenters. The van der Waals surface area contributed by atoms with Gasteiger partial charge in [-0.3, -0.25) is 4.79 Å². The van der Waals surface area contributed by atoms with E-state index in [1.165, 1.54) is 0 Å². The zero-order valence-corrected chi connectivity index (χ0v) is 8.85. The van der Waals surface area contributed by atoms with Crippen LogP contribution in [0.1, 0.15) is 32.1 Å². The molecule has 1 aliphatic carbocycles. The summed E-state index contributed by atoms with van der Waals surface area (Å²) in [6, 6.07) is 2.20. The van der Waals surface area contributed by atoms with Gasteiger partial charge in [-0.15, -0.1) is 0 Å². The Morgan fingerprint density at radius 1 is 1.40 bits per heavy atom. The number of nitrogens with zero attached hydrogens (tertiary/aromatic N) is 2. The molecule has 2 N–H and O–H groups in total. The number of rotatable bonds is 1. The topological polar surface area (TPSA) is 70.1 Å². The summed E-state index contributed by atoms with van der Waals surface area (Å²) < 4.78 is 0. The summed E-state index contributed by atoms with van der Waals surface area (Å²) in [7, 11) is 0. The van der Waals surface area contributed by atoms with Gasteiger partial charge in [-0.25, -0.2) is 0 Å². The fourth-order valence-corrected chi connectivity index (χ4v) is 2.64. The van der Waals surface area contributed by atoms with Gasteiger partial charge in [0.1, 0.15) is 6.04 Å². The van der Waals surface area contributed by atoms with E-state index in [1.807, 2.05) is 0 Å². The third kappa shape index (κ3) is 1.98. The van der Waals surface area contributed by atoms with Gasteiger partial charge in [0.05, 0.1) is 6.07 Å². The number of hydrogen-bond acceptors (Lipinski definition) is 3. The molecule has 1 aliphatic heterocycles. The molecule has 2 unspecified atom stereocenters. The maximum atomic E-state index is 12.1. The lowest BCUT2D eigenvalue weighted by Crippen LogP contribution is -2.38. The van der Waals surface area contributed by atoms with Crippen molar-refractivity contribution in [2.45, 2.75) is 44.2 Å². The van der Waals surface area contributed by atoms with Crippen LogP contribution in [0.4, 0.5) is 0 Å². The lowest BCUT2D eigenvalue weighted by molar-refractivity contribution is -0.135. The molecule has 0 spiro atoms. The highest BCUT2D eigenvalue weighted by Gasteiger charge is 2.36. The molecule has 1 heterocycles. The summed E-state index contributed by atoms with van der Waals surface area (Å²) in [4.78, 5) is 13.8. The Morgan fingerprint density at radius 2 is 2.20 bits per heavy atom. The van der Waals surface area contributed by atoms with Crippen molar-refractivity contribution in [3.05, 3.63) is 0 Å². The summed E-state index contributed by atoms with van der Waals surface area (Å²) in [6.07, 6.45) is 4.44. The zero-order valence-electron chi connectivity index (χ0n) is 8.85. The smallest absolute Gasteiger partial charge is 0.226 e. The number of carbonyl (C=O) groups excluding carboxylic acids is 1. The van der Waals surface area contributed by atoms with Crippen molar-refractivity contribution in [1.29, 1.82) is 5.26 Å². The highest BCUT2D eigenvalue weighted by molar-refractivity contribution is 5.80. The van der Waals surface area contributed by atoms with Gasteiger partial charge in [-0.2, -0.15) is 5.26 Å². The highest BCUT2D eigenvalue weighted by Crippen LogP contribution is 2.28. The third-order valence-corrected chi connectivity index (χ3v) is 3.51. The van der Waals surface area contributed by atoms with E-state index in [0.29, 0.717) is 0 Å². The molecule has 0 aromatic heterocycles. The summed E-state index contributed by atoms with van der Waals surface area (Å²) in [6.45, 7) is 0.753. The number of nitriles is 1. The molecule has 0 radical (unpaired) electrons. The summed E-state index contributed by atoms with van der Waals surface area (Å²) in [5.41, 5.74) is 5.79. The van der Waals surface area contributed by atoms with Crippen LogP contribution in [0, 0.1) is 17.2 Å². The van der Waals surface area contributed by atoms with E-state index in [9.17, 15) is 4.79 Å². The van der Waals surface area contributed by atoms with Crippen LogP contribution < -0.4 is 5.73 Å². The molecule has 0 aromatic carbocycles. The molecule has 1 saturated carbocycles. The fourth-order valence-electron chi connectivity index (χ4n) is 2.64. The Hall–Kier alpha value is -1.08. The Morgan fingerprint density at radius 3 is 2.80 bits per heavy atom. The summed E-state index contributed by atoms with van der Waals surface area (Å²) in [5.74, 6) is 0.237. The van der Waals surface area contributed by atoms with Crippen LogP contribution in [-0.2, 0) is 4.79 Å². The van der Waals surface area contributed by atoms with Crippen molar-refractivity contribution < 1.29 is 4.79 Å². The molecule has 15 heavy (non-hydrogen) atoms. The lowest BCUT2D eigenvalue weighted by atomic mass is 10.1. The summed E-state index contributed by atoms with van der Waals surface area (Å²) in [5, 5.41) is 8.91. The monoisotopic (exact) mass is 207 g/mol. The lowest BCUT2D eigenvalue weighted by Gasteiger charge is -2.23. The van der Waals surface area contributed by atoms with E-state index in [0.717, 1.165) is 38.6 Å². The van der Waals surface area contributed by atoms with Crippen molar-refractivity contribution in [3.8, 4) is 6.07 Å². The van der Waals surface area contributed by atoms with Crippen LogP contribution >= 0.6 is 0 Å². The van der Waals surface area contributed by atoms with Crippen LogP contribution in [0.25, 0.3) is 0 Å². The average Bonchev–Trinajstić information content (AvgIpc) is 2.84. The summed E-state index contributed by atoms with van der Waals surface area (Å²) >= 11 is 0. The molecule has 1 saturated heterocycles. The van der Waals surface area contributed by atoms with Crippen molar-refractivity contribution in [2.75, 3.05) is 6.54 Å². The van der Waals surface area contributed by atoms with Crippen molar-refractivity contribution in [3.63, 3.8) is 0 Å². The van der Waals surface area contributed by atoms with E-state index in [2.05, 4.69) is 6.07 Å². The average molecular weight is 207 g/mol. The van der Waals surface area contributed by atoms with Crippen LogP contribution in [0.2, 0.25) is 0 Å². The first-order valence-electron chi connectivity index (χ1n) is 5.68. The Kier molecular flexibility index (Phi) is 2.92. The van der Waals surface area contributed by atoms with E-state index in [4.69, 9.17) is 11.0 Å². The zero-order chi connectivity index (χ0) is 10.8. The van der Waals surface area contributed by atoms with E-state index in [1.54, 1.807) is 4.90 Å². The molecular weight excluding hydrogens is 190 g/mol. The number of amides is 1. The molecule has 2 rings (SSSR count). The Bertz CT molecular complexity index is 297. The van der Waals surface area contributed by atoms with Crippen LogP contribution in [-0.4, -0.2) is 29.4 Å². The molecule has 0 aromatic rings. The minimum absolute atomic E-state index is 0.0777. The number of nitrogens with two attached hydrogens (primary N) is 1. The normalized spacial score (nSPS) is 35.5. The second-order valence-electron chi connectivity index (χ2n) is 4.59. The van der Waals surface area contributed by atoms with E-state index in [-0.39, 0.29) is 23.9 Å². The van der Waals surface area contributed by atoms with Crippen molar-refractivity contribution >= 4 is 5.91 Å². The molecule has 0 bridgehead atoms. The van der Waals surface area contributed by atoms with Gasteiger partial charge in [0.25, 0.3) is 0 Å². The molecule has 2 aliphatic rings. The third-order valence-electron chi connectivity index (χ3n) is 3.51. The molecular formula is C11H17N3O. The van der Waals surface area contributed by atoms with Crippen LogP contribution in [0.5, 0.6) is 0 Å². The fraction of sp³-hybridized carbons (Fsp3) is 0.818. The first kappa shape index (κ1) is 10.4. The quantitative estimate of drug-likeness (QED) is 0.685. The SMILES string of the molecule is N#C[C@@H]1CCCN1C(=O)C1CCC(N)C1. The Labute approximate surface area is 90.0 Å². The minimum atomic E-state index is -0.186. The second kappa shape index (κ2) is 4.19. The predicted octanol–water partition coefficient (Wildman–Crippen LogP) is 0.628. The predicted molar refractivity (Wildman–Crippen MR) is 55.7 cm³/mol. The van der Waals surface area contributed by atoms with E-state index >= 15 is 0 Å². The molecule has 4 nitrogen and oxygen atoms in total. The number of carbonyl (C=O) groups is 1. The van der Waals surface area contributed by atoms with E-state index < -0.39 is 0 Å². The van der Waals surface area contributed by atoms with Gasteiger partial charge in [0.15, 0.2) is 0 Å². The van der Waals surface area contributed by atoms with Gasteiger partial charge in [0.2, 0.25) is 5.91 Å². The molecule has 82 valence electrons. The van der Waals surface area contributed by atoms with Gasteiger partial charge in [0, 0.05) is 18.5 Å². The maximum absolute atomic E-state index is 12.1. The van der Waals surface area contributed by atoms with Crippen molar-refractivity contribution in [2.24, 2.45) is 11.7 Å². The highest BCUT2D eigenvalue weighted by atomic mass is 16.2. The Balaban J connectivity index is 1.99.